The normalized spacial score (nSPS) is 23.3. The zero-order valence-corrected chi connectivity index (χ0v) is 19.7. The molecule has 8 heteroatoms. The number of hydrogen-bond acceptors (Lipinski definition) is 5. The van der Waals surface area contributed by atoms with Gasteiger partial charge in [0.25, 0.3) is 0 Å². The number of aliphatic carboxylic acids is 1. The van der Waals surface area contributed by atoms with E-state index in [2.05, 4.69) is 17.4 Å². The first-order valence-electron chi connectivity index (χ1n) is 12.1. The molecule has 35 heavy (non-hydrogen) atoms. The van der Waals surface area contributed by atoms with Crippen LogP contribution in [0, 0.1) is 11.8 Å². The molecule has 2 aromatic rings. The molecule has 184 valence electrons. The van der Waals surface area contributed by atoms with Gasteiger partial charge in [-0.15, -0.1) is 0 Å². The van der Waals surface area contributed by atoms with E-state index >= 15 is 0 Å². The van der Waals surface area contributed by atoms with Crippen LogP contribution in [0.25, 0.3) is 11.1 Å². The molecular weight excluding hydrogens is 448 g/mol. The molecule has 3 unspecified atom stereocenters. The Bertz CT molecular complexity index is 1090. The molecule has 2 aromatic carbocycles. The first-order chi connectivity index (χ1) is 17.0. The Balaban J connectivity index is 1.26. The summed E-state index contributed by atoms with van der Waals surface area (Å²) >= 11 is 0. The Hall–Kier alpha value is -3.39. The van der Waals surface area contributed by atoms with Gasteiger partial charge in [0.05, 0.1) is 6.61 Å². The monoisotopic (exact) mass is 478 g/mol. The third kappa shape index (κ3) is 4.27. The summed E-state index contributed by atoms with van der Waals surface area (Å²) in [7, 11) is 1.44. The molecule has 0 spiro atoms. The number of carboxylic acids is 1. The molecule has 2 amide bonds. The summed E-state index contributed by atoms with van der Waals surface area (Å²) in [5.74, 6) is -1.38. The fraction of sp³-hybridized carbons (Fsp3) is 0.444. The lowest BCUT2D eigenvalue weighted by Gasteiger charge is -2.28. The van der Waals surface area contributed by atoms with Gasteiger partial charge in [-0.25, -0.2) is 9.59 Å². The molecule has 0 radical (unpaired) electrons. The SMILES string of the molecule is COC[C@H](NC(=O)OCC1c2ccccc2-c2ccccc21)C(=O)N1CC2CCCC2C1C(=O)O. The number of carboxylic acid groups (broad SMARTS) is 1. The van der Waals surface area contributed by atoms with E-state index in [1.807, 2.05) is 36.4 Å². The average molecular weight is 479 g/mol. The van der Waals surface area contributed by atoms with Crippen LogP contribution in [0.1, 0.15) is 36.3 Å². The number of nitrogens with zero attached hydrogens (tertiary/aromatic N) is 1. The summed E-state index contributed by atoms with van der Waals surface area (Å²) in [6.07, 6.45) is 1.99. The lowest BCUT2D eigenvalue weighted by Crippen LogP contribution is -2.54. The molecule has 1 heterocycles. The van der Waals surface area contributed by atoms with Crippen molar-refractivity contribution in [2.75, 3.05) is 26.9 Å². The Morgan fingerprint density at radius 3 is 2.34 bits per heavy atom. The molecule has 8 nitrogen and oxygen atoms in total. The number of rotatable bonds is 7. The van der Waals surface area contributed by atoms with Crippen LogP contribution < -0.4 is 5.32 Å². The van der Waals surface area contributed by atoms with Crippen LogP contribution in [0.5, 0.6) is 0 Å². The van der Waals surface area contributed by atoms with Crippen LogP contribution in [0.3, 0.4) is 0 Å². The summed E-state index contributed by atoms with van der Waals surface area (Å²) < 4.78 is 10.8. The van der Waals surface area contributed by atoms with Gasteiger partial charge in [0.1, 0.15) is 18.7 Å². The maximum absolute atomic E-state index is 13.3. The molecule has 1 aliphatic heterocycles. The molecular formula is C27H30N2O6. The summed E-state index contributed by atoms with van der Waals surface area (Å²) in [4.78, 5) is 39.5. The molecule has 4 atom stereocenters. The lowest BCUT2D eigenvalue weighted by atomic mass is 9.94. The zero-order valence-electron chi connectivity index (χ0n) is 19.7. The second kappa shape index (κ2) is 9.70. The van der Waals surface area contributed by atoms with Crippen molar-refractivity contribution in [3.8, 4) is 11.1 Å². The van der Waals surface area contributed by atoms with Crippen molar-refractivity contribution in [1.29, 1.82) is 0 Å². The molecule has 0 aromatic heterocycles. The molecule has 2 fully saturated rings. The number of hydrogen-bond donors (Lipinski definition) is 2. The van der Waals surface area contributed by atoms with Gasteiger partial charge in [-0.2, -0.15) is 0 Å². The number of carbonyl (C=O) groups is 3. The van der Waals surface area contributed by atoms with Gasteiger partial charge >= 0.3 is 12.1 Å². The van der Waals surface area contributed by atoms with Crippen LogP contribution in [-0.4, -0.2) is 66.9 Å². The quantitative estimate of drug-likeness (QED) is 0.633. The van der Waals surface area contributed by atoms with Crippen molar-refractivity contribution in [3.05, 3.63) is 59.7 Å². The lowest BCUT2D eigenvalue weighted by molar-refractivity contribution is -0.150. The number of amides is 2. The summed E-state index contributed by atoms with van der Waals surface area (Å²) in [6, 6.07) is 14.2. The first-order valence-corrected chi connectivity index (χ1v) is 12.1. The highest BCUT2D eigenvalue weighted by atomic mass is 16.5. The number of ether oxygens (including phenoxy) is 2. The molecule has 2 N–H and O–H groups in total. The third-order valence-corrected chi connectivity index (χ3v) is 7.69. The maximum Gasteiger partial charge on any atom is 0.407 e. The minimum absolute atomic E-state index is 0.0332. The number of alkyl carbamates (subject to hydrolysis) is 1. The van der Waals surface area contributed by atoms with Gasteiger partial charge in [-0.05, 0) is 46.9 Å². The van der Waals surface area contributed by atoms with Crippen molar-refractivity contribution < 1.29 is 29.0 Å². The highest BCUT2D eigenvalue weighted by Crippen LogP contribution is 2.45. The molecule has 2 aliphatic carbocycles. The average Bonchev–Trinajstić information content (AvgIpc) is 3.53. The van der Waals surface area contributed by atoms with E-state index in [0.29, 0.717) is 6.54 Å². The van der Waals surface area contributed by atoms with E-state index < -0.39 is 30.1 Å². The van der Waals surface area contributed by atoms with E-state index in [4.69, 9.17) is 9.47 Å². The maximum atomic E-state index is 13.3. The Morgan fingerprint density at radius 1 is 1.06 bits per heavy atom. The van der Waals surface area contributed by atoms with Crippen LogP contribution >= 0.6 is 0 Å². The van der Waals surface area contributed by atoms with E-state index in [9.17, 15) is 19.5 Å². The summed E-state index contributed by atoms with van der Waals surface area (Å²) in [6.45, 7) is 0.452. The minimum atomic E-state index is -1.02. The smallest absolute Gasteiger partial charge is 0.407 e. The number of nitrogens with one attached hydrogen (secondary N) is 1. The molecule has 3 aliphatic rings. The van der Waals surface area contributed by atoms with Crippen LogP contribution in [0.15, 0.2) is 48.5 Å². The number of likely N-dealkylation sites (tertiary alicyclic amines) is 1. The van der Waals surface area contributed by atoms with E-state index in [1.54, 1.807) is 0 Å². The highest BCUT2D eigenvalue weighted by molar-refractivity contribution is 5.90. The summed E-state index contributed by atoms with van der Waals surface area (Å²) in [5, 5.41) is 12.4. The van der Waals surface area contributed by atoms with Crippen molar-refractivity contribution in [2.24, 2.45) is 11.8 Å². The second-order valence-corrected chi connectivity index (χ2v) is 9.61. The van der Waals surface area contributed by atoms with Gasteiger partial charge in [0.2, 0.25) is 5.91 Å². The van der Waals surface area contributed by atoms with Gasteiger partial charge in [0, 0.05) is 19.6 Å². The number of carbonyl (C=O) groups excluding carboxylic acids is 2. The number of benzene rings is 2. The van der Waals surface area contributed by atoms with Gasteiger partial charge < -0.3 is 24.8 Å². The molecule has 0 bridgehead atoms. The summed E-state index contributed by atoms with van der Waals surface area (Å²) in [5.41, 5.74) is 4.45. The number of methoxy groups -OCH3 is 1. The van der Waals surface area contributed by atoms with Crippen molar-refractivity contribution in [3.63, 3.8) is 0 Å². The molecule has 5 rings (SSSR count). The molecule has 1 saturated heterocycles. The highest BCUT2D eigenvalue weighted by Gasteiger charge is 2.50. The van der Waals surface area contributed by atoms with Gasteiger partial charge in [0.15, 0.2) is 0 Å². The van der Waals surface area contributed by atoms with Crippen molar-refractivity contribution in [2.45, 2.75) is 37.3 Å². The van der Waals surface area contributed by atoms with E-state index in [-0.39, 0.29) is 31.0 Å². The van der Waals surface area contributed by atoms with Gasteiger partial charge in [-0.3, -0.25) is 4.79 Å². The minimum Gasteiger partial charge on any atom is -0.480 e. The predicted molar refractivity (Wildman–Crippen MR) is 128 cm³/mol. The number of fused-ring (bicyclic) bond motifs is 4. The predicted octanol–water partition coefficient (Wildman–Crippen LogP) is 3.25. The largest absolute Gasteiger partial charge is 0.480 e. The van der Waals surface area contributed by atoms with E-state index in [1.165, 1.54) is 12.0 Å². The Morgan fingerprint density at radius 2 is 1.71 bits per heavy atom. The van der Waals surface area contributed by atoms with Crippen LogP contribution in [0.2, 0.25) is 0 Å². The Labute approximate surface area is 204 Å². The van der Waals surface area contributed by atoms with Crippen molar-refractivity contribution in [1.82, 2.24) is 10.2 Å². The van der Waals surface area contributed by atoms with Crippen molar-refractivity contribution >= 4 is 18.0 Å². The fourth-order valence-electron chi connectivity index (χ4n) is 6.17. The zero-order chi connectivity index (χ0) is 24.5. The van der Waals surface area contributed by atoms with Gasteiger partial charge in [-0.1, -0.05) is 55.0 Å². The van der Waals surface area contributed by atoms with E-state index in [0.717, 1.165) is 41.5 Å². The molecule has 1 saturated carbocycles. The third-order valence-electron chi connectivity index (χ3n) is 7.69. The standard InChI is InChI=1S/C27H30N2O6/c1-34-15-23(25(30)29-13-16-7-6-12-17(16)24(29)26(31)32)28-27(33)35-14-22-20-10-4-2-8-18(20)19-9-3-5-11-21(19)22/h2-5,8-11,16-17,22-24H,6-7,12-15H2,1H3,(H,28,33)(H,31,32)/t16?,17?,23-,24?/m0/s1. The second-order valence-electron chi connectivity index (χ2n) is 9.61. The Kier molecular flexibility index (Phi) is 6.47. The fourth-order valence-corrected chi connectivity index (χ4v) is 6.17. The van der Waals surface area contributed by atoms with Crippen LogP contribution in [0.4, 0.5) is 4.79 Å². The van der Waals surface area contributed by atoms with Crippen LogP contribution in [-0.2, 0) is 19.1 Å². The first kappa shape index (κ1) is 23.4. The topological polar surface area (TPSA) is 105 Å².